The lowest BCUT2D eigenvalue weighted by atomic mass is 9.94. The third-order valence-electron chi connectivity index (χ3n) is 4.07. The van der Waals surface area contributed by atoms with Crippen LogP contribution in [0.4, 0.5) is 0 Å². The zero-order valence-electron chi connectivity index (χ0n) is 13.5. The number of fused-ring (bicyclic) bond motifs is 1. The van der Waals surface area contributed by atoms with E-state index < -0.39 is 27.8 Å². The summed E-state index contributed by atoms with van der Waals surface area (Å²) in [6.07, 6.45) is 1.28. The fourth-order valence-corrected chi connectivity index (χ4v) is 3.60. The van der Waals surface area contributed by atoms with E-state index in [1.54, 1.807) is 0 Å². The summed E-state index contributed by atoms with van der Waals surface area (Å²) in [6.45, 7) is 0.161. The van der Waals surface area contributed by atoms with Gasteiger partial charge in [-0.25, -0.2) is 13.2 Å². The number of furan rings is 1. The molecule has 0 saturated carbocycles. The molecule has 1 N–H and O–H groups in total. The third-order valence-corrected chi connectivity index (χ3v) is 4.88. The highest BCUT2D eigenvalue weighted by Crippen LogP contribution is 2.26. The molecule has 2 aromatic rings. The minimum Gasteiger partial charge on any atom is -0.480 e. The zero-order chi connectivity index (χ0) is 18.2. The second kappa shape index (κ2) is 6.36. The van der Waals surface area contributed by atoms with Crippen molar-refractivity contribution in [2.45, 2.75) is 24.8 Å². The van der Waals surface area contributed by atoms with Crippen molar-refractivity contribution < 1.29 is 27.5 Å². The van der Waals surface area contributed by atoms with Crippen molar-refractivity contribution in [1.82, 2.24) is 4.90 Å². The van der Waals surface area contributed by atoms with Crippen LogP contribution in [0.1, 0.15) is 27.4 Å². The molecular formula is C17H17NO6S. The van der Waals surface area contributed by atoms with Gasteiger partial charge in [0, 0.05) is 19.2 Å². The number of amides is 1. The fourth-order valence-electron chi connectivity index (χ4n) is 2.93. The van der Waals surface area contributed by atoms with Crippen LogP contribution in [0.15, 0.2) is 40.8 Å². The molecule has 132 valence electrons. The van der Waals surface area contributed by atoms with E-state index in [2.05, 4.69) is 0 Å². The Labute approximate surface area is 144 Å². The first-order chi connectivity index (χ1) is 11.7. The van der Waals surface area contributed by atoms with E-state index in [0.29, 0.717) is 0 Å². The van der Waals surface area contributed by atoms with Gasteiger partial charge < -0.3 is 14.4 Å². The smallest absolute Gasteiger partial charge is 0.326 e. The molecule has 1 atom stereocenters. The highest BCUT2D eigenvalue weighted by molar-refractivity contribution is 7.89. The molecule has 0 aliphatic carbocycles. The van der Waals surface area contributed by atoms with E-state index in [1.807, 2.05) is 24.3 Å². The molecule has 7 nitrogen and oxygen atoms in total. The van der Waals surface area contributed by atoms with Crippen LogP contribution in [0.3, 0.4) is 0 Å². The largest absolute Gasteiger partial charge is 0.480 e. The predicted octanol–water partition coefficient (Wildman–Crippen LogP) is 1.48. The van der Waals surface area contributed by atoms with Gasteiger partial charge in [0.05, 0.1) is 0 Å². The summed E-state index contributed by atoms with van der Waals surface area (Å²) in [6, 6.07) is 9.17. The monoisotopic (exact) mass is 363 g/mol. The fraction of sp³-hybridized carbons (Fsp3) is 0.294. The number of carboxylic acids is 1. The maximum atomic E-state index is 12.7. The van der Waals surface area contributed by atoms with E-state index in [9.17, 15) is 23.1 Å². The van der Waals surface area contributed by atoms with Crippen LogP contribution in [0.25, 0.3) is 0 Å². The number of rotatable bonds is 4. The van der Waals surface area contributed by atoms with Gasteiger partial charge in [-0.2, -0.15) is 0 Å². The topological polar surface area (TPSA) is 105 Å². The average Bonchev–Trinajstić information content (AvgIpc) is 2.99. The molecule has 3 rings (SSSR count). The molecule has 0 radical (unpaired) electrons. The molecule has 1 aliphatic heterocycles. The van der Waals surface area contributed by atoms with Crippen LogP contribution >= 0.6 is 0 Å². The molecule has 1 unspecified atom stereocenters. The number of hydrogen-bond acceptors (Lipinski definition) is 5. The maximum Gasteiger partial charge on any atom is 0.326 e. The number of aliphatic carboxylic acids is 1. The van der Waals surface area contributed by atoms with E-state index in [1.165, 1.54) is 17.0 Å². The summed E-state index contributed by atoms with van der Waals surface area (Å²) in [5.74, 6) is -1.89. The first-order valence-corrected chi connectivity index (χ1v) is 9.67. The Morgan fingerprint density at radius 1 is 1.20 bits per heavy atom. The molecule has 0 saturated heterocycles. The lowest BCUT2D eigenvalue weighted by molar-refractivity contribution is -0.142. The van der Waals surface area contributed by atoms with Crippen LogP contribution in [0, 0.1) is 0 Å². The van der Waals surface area contributed by atoms with Gasteiger partial charge >= 0.3 is 5.97 Å². The Bertz CT molecular complexity index is 930. The molecular weight excluding hydrogens is 346 g/mol. The molecule has 1 aliphatic rings. The predicted molar refractivity (Wildman–Crippen MR) is 88.7 cm³/mol. The minimum atomic E-state index is -3.29. The number of carbonyl (C=O) groups is 2. The van der Waals surface area contributed by atoms with Gasteiger partial charge in [-0.1, -0.05) is 24.3 Å². The molecule has 1 amide bonds. The van der Waals surface area contributed by atoms with E-state index in [-0.39, 0.29) is 30.2 Å². The molecule has 2 heterocycles. The summed E-state index contributed by atoms with van der Waals surface area (Å²) < 4.78 is 28.0. The lowest BCUT2D eigenvalue weighted by Crippen LogP contribution is -2.48. The van der Waals surface area contributed by atoms with Crippen molar-refractivity contribution in [3.8, 4) is 0 Å². The SMILES string of the molecule is CS(=O)(=O)Cc1ccc(C(=O)N2Cc3ccccc3CC2C(=O)O)o1. The highest BCUT2D eigenvalue weighted by atomic mass is 32.2. The molecule has 8 heteroatoms. The van der Waals surface area contributed by atoms with Gasteiger partial charge in [-0.05, 0) is 23.3 Å². The standard InChI is InChI=1S/C17H17NO6S/c1-25(22,23)10-13-6-7-15(24-13)16(19)18-9-12-5-3-2-4-11(12)8-14(18)17(20)21/h2-7,14H,8-10H2,1H3,(H,20,21). The number of nitrogens with zero attached hydrogens (tertiary/aromatic N) is 1. The second-order valence-electron chi connectivity index (χ2n) is 6.10. The Balaban J connectivity index is 1.89. The number of sulfone groups is 1. The molecule has 1 aromatic heterocycles. The van der Waals surface area contributed by atoms with Crippen molar-refractivity contribution >= 4 is 21.7 Å². The lowest BCUT2D eigenvalue weighted by Gasteiger charge is -2.33. The Hall–Kier alpha value is -2.61. The molecule has 1 aromatic carbocycles. The van der Waals surface area contributed by atoms with Gasteiger partial charge in [0.15, 0.2) is 15.6 Å². The van der Waals surface area contributed by atoms with Crippen LogP contribution in [0.2, 0.25) is 0 Å². The summed E-state index contributed by atoms with van der Waals surface area (Å²) >= 11 is 0. The van der Waals surface area contributed by atoms with Crippen molar-refractivity contribution in [3.05, 3.63) is 59.0 Å². The summed E-state index contributed by atoms with van der Waals surface area (Å²) in [5, 5.41) is 9.48. The Morgan fingerprint density at radius 3 is 2.52 bits per heavy atom. The molecule has 25 heavy (non-hydrogen) atoms. The Kier molecular flexibility index (Phi) is 4.38. The highest BCUT2D eigenvalue weighted by Gasteiger charge is 2.36. The van der Waals surface area contributed by atoms with Crippen molar-refractivity contribution in [1.29, 1.82) is 0 Å². The first-order valence-electron chi connectivity index (χ1n) is 7.61. The third kappa shape index (κ3) is 3.74. The normalized spacial score (nSPS) is 17.2. The van der Waals surface area contributed by atoms with Gasteiger partial charge in [0.2, 0.25) is 0 Å². The van der Waals surface area contributed by atoms with Gasteiger partial charge in [-0.3, -0.25) is 4.79 Å². The summed E-state index contributed by atoms with van der Waals surface area (Å²) in [5.41, 5.74) is 1.78. The molecule has 0 spiro atoms. The zero-order valence-corrected chi connectivity index (χ0v) is 14.3. The van der Waals surface area contributed by atoms with Crippen molar-refractivity contribution in [2.75, 3.05) is 6.26 Å². The van der Waals surface area contributed by atoms with Gasteiger partial charge in [-0.15, -0.1) is 0 Å². The summed E-state index contributed by atoms with van der Waals surface area (Å²) in [7, 11) is -3.29. The minimum absolute atomic E-state index is 0.0655. The maximum absolute atomic E-state index is 12.7. The quantitative estimate of drug-likeness (QED) is 0.882. The summed E-state index contributed by atoms with van der Waals surface area (Å²) in [4.78, 5) is 25.6. The van der Waals surface area contributed by atoms with Crippen LogP contribution < -0.4 is 0 Å². The first kappa shape index (κ1) is 17.2. The van der Waals surface area contributed by atoms with Crippen LogP contribution in [0.5, 0.6) is 0 Å². The second-order valence-corrected chi connectivity index (χ2v) is 8.24. The number of carboxylic acid groups (broad SMARTS) is 1. The van der Waals surface area contributed by atoms with Gasteiger partial charge in [0.25, 0.3) is 5.91 Å². The van der Waals surface area contributed by atoms with Crippen LogP contribution in [-0.4, -0.2) is 42.6 Å². The van der Waals surface area contributed by atoms with E-state index >= 15 is 0 Å². The van der Waals surface area contributed by atoms with E-state index in [4.69, 9.17) is 4.42 Å². The number of benzene rings is 1. The number of hydrogen-bond donors (Lipinski definition) is 1. The van der Waals surface area contributed by atoms with Crippen molar-refractivity contribution in [3.63, 3.8) is 0 Å². The molecule has 0 fully saturated rings. The van der Waals surface area contributed by atoms with E-state index in [0.717, 1.165) is 17.4 Å². The number of carbonyl (C=O) groups excluding carboxylic acids is 1. The van der Waals surface area contributed by atoms with Crippen molar-refractivity contribution in [2.24, 2.45) is 0 Å². The van der Waals surface area contributed by atoms with Gasteiger partial charge in [0.1, 0.15) is 17.6 Å². The Morgan fingerprint density at radius 2 is 1.88 bits per heavy atom. The van der Waals surface area contributed by atoms with Crippen LogP contribution in [-0.2, 0) is 33.4 Å². The average molecular weight is 363 g/mol. The molecule has 0 bridgehead atoms.